The number of aromatic nitrogens is 1. The van der Waals surface area contributed by atoms with Crippen molar-refractivity contribution in [1.82, 2.24) is 4.98 Å². The van der Waals surface area contributed by atoms with E-state index in [1.54, 1.807) is 0 Å². The van der Waals surface area contributed by atoms with E-state index in [1.807, 2.05) is 60.7 Å². The van der Waals surface area contributed by atoms with Gasteiger partial charge in [-0.25, -0.2) is 0 Å². The zero-order valence-corrected chi connectivity index (χ0v) is 17.1. The number of hydrogen-bond donors (Lipinski definition) is 4. The largest absolute Gasteiger partial charge is 0.394 e. The van der Waals surface area contributed by atoms with Crippen LogP contribution in [-0.4, -0.2) is 45.4 Å². The second-order valence-corrected chi connectivity index (χ2v) is 7.83. The fourth-order valence-electron chi connectivity index (χ4n) is 3.08. The molecule has 0 amide bonds. The smallest absolute Gasteiger partial charge is 0.369 e. The number of thiazole rings is 1. The van der Waals surface area contributed by atoms with Crippen LogP contribution in [0.2, 0.25) is 0 Å². The fourth-order valence-corrected chi connectivity index (χ4v) is 3.90. The number of anilines is 2. The summed E-state index contributed by atoms with van der Waals surface area (Å²) in [5.74, 6) is 0.110. The number of aliphatic hydroxyl groups excluding tert-OH is 2. The summed E-state index contributed by atoms with van der Waals surface area (Å²) >= 11 is 0.904. The first-order valence-corrected chi connectivity index (χ1v) is 10.4. The first-order valence-electron chi connectivity index (χ1n) is 9.57. The standard InChI is InChI=1S/C21H24N4O4S/c26-13-17(11-15-7-3-1-4-8-15)22-19-20(25(28)29)30-21(24-19)23-18(14-27)12-16-9-5-2-6-10-16/h1-10,17-18,22,26-27H,11-14H2,(H,23,24). The molecule has 0 fully saturated rings. The molecule has 30 heavy (non-hydrogen) atoms. The molecule has 9 heteroatoms. The van der Waals surface area contributed by atoms with E-state index >= 15 is 0 Å². The molecule has 8 nitrogen and oxygen atoms in total. The van der Waals surface area contributed by atoms with Crippen LogP contribution in [0.3, 0.4) is 0 Å². The molecule has 0 saturated carbocycles. The molecule has 3 aromatic rings. The number of nitro groups is 1. The average molecular weight is 429 g/mol. The van der Waals surface area contributed by atoms with Gasteiger partial charge >= 0.3 is 5.00 Å². The molecule has 0 aliphatic carbocycles. The second-order valence-electron chi connectivity index (χ2n) is 6.86. The van der Waals surface area contributed by atoms with Crippen molar-refractivity contribution < 1.29 is 15.1 Å². The number of rotatable bonds is 11. The first kappa shape index (κ1) is 21.7. The van der Waals surface area contributed by atoms with Crippen LogP contribution in [0, 0.1) is 10.1 Å². The summed E-state index contributed by atoms with van der Waals surface area (Å²) in [6.45, 7) is -0.335. The Morgan fingerprint density at radius 1 is 0.900 bits per heavy atom. The average Bonchev–Trinajstić information content (AvgIpc) is 3.16. The van der Waals surface area contributed by atoms with E-state index in [2.05, 4.69) is 15.6 Å². The Kier molecular flexibility index (Phi) is 7.72. The molecule has 2 aromatic carbocycles. The number of hydrogen-bond acceptors (Lipinski definition) is 8. The van der Waals surface area contributed by atoms with Crippen LogP contribution in [-0.2, 0) is 12.8 Å². The van der Waals surface area contributed by atoms with Crippen LogP contribution in [0.15, 0.2) is 60.7 Å². The number of aliphatic hydroxyl groups is 2. The van der Waals surface area contributed by atoms with Gasteiger partial charge in [0.2, 0.25) is 5.82 Å². The summed E-state index contributed by atoms with van der Waals surface area (Å²) in [4.78, 5) is 15.3. The molecule has 2 atom stereocenters. The molecule has 0 aliphatic heterocycles. The van der Waals surface area contributed by atoms with Gasteiger partial charge in [0.15, 0.2) is 5.13 Å². The predicted molar refractivity (Wildman–Crippen MR) is 118 cm³/mol. The molecule has 2 unspecified atom stereocenters. The molecular weight excluding hydrogens is 404 g/mol. The normalized spacial score (nSPS) is 12.9. The minimum atomic E-state index is -0.493. The molecule has 158 valence electrons. The van der Waals surface area contributed by atoms with Gasteiger partial charge in [0.25, 0.3) is 0 Å². The van der Waals surface area contributed by atoms with Gasteiger partial charge < -0.3 is 20.8 Å². The van der Waals surface area contributed by atoms with Gasteiger partial charge in [-0.2, -0.15) is 4.98 Å². The SMILES string of the molecule is O=[N+]([O-])c1sc(NC(CO)Cc2ccccc2)nc1NC(CO)Cc1ccccc1. The summed E-state index contributed by atoms with van der Waals surface area (Å²) in [7, 11) is 0. The Hall–Kier alpha value is -3.01. The van der Waals surface area contributed by atoms with E-state index in [-0.39, 0.29) is 30.1 Å². The van der Waals surface area contributed by atoms with E-state index in [0.717, 1.165) is 22.5 Å². The Morgan fingerprint density at radius 3 is 1.87 bits per heavy atom. The molecule has 3 rings (SSSR count). The van der Waals surface area contributed by atoms with Crippen molar-refractivity contribution in [3.8, 4) is 0 Å². The predicted octanol–water partition coefficient (Wildman–Crippen LogP) is 3.08. The lowest BCUT2D eigenvalue weighted by Gasteiger charge is -2.16. The Bertz CT molecular complexity index is 937. The highest BCUT2D eigenvalue weighted by molar-refractivity contribution is 7.19. The minimum absolute atomic E-state index is 0.110. The topological polar surface area (TPSA) is 121 Å². The monoisotopic (exact) mass is 428 g/mol. The molecule has 0 spiro atoms. The van der Waals surface area contributed by atoms with Gasteiger partial charge in [-0.15, -0.1) is 0 Å². The molecule has 0 radical (unpaired) electrons. The lowest BCUT2D eigenvalue weighted by Crippen LogP contribution is -2.27. The van der Waals surface area contributed by atoms with Crippen molar-refractivity contribution in [1.29, 1.82) is 0 Å². The third-order valence-electron chi connectivity index (χ3n) is 4.53. The Labute approximate surface area is 178 Å². The molecule has 4 N–H and O–H groups in total. The molecule has 1 heterocycles. The third kappa shape index (κ3) is 5.99. The zero-order chi connectivity index (χ0) is 21.3. The van der Waals surface area contributed by atoms with Gasteiger partial charge in [0, 0.05) is 0 Å². The van der Waals surface area contributed by atoms with Crippen LogP contribution in [0.25, 0.3) is 0 Å². The van der Waals surface area contributed by atoms with Crippen LogP contribution >= 0.6 is 11.3 Å². The highest BCUT2D eigenvalue weighted by atomic mass is 32.1. The van der Waals surface area contributed by atoms with Crippen molar-refractivity contribution in [3.63, 3.8) is 0 Å². The fraction of sp³-hybridized carbons (Fsp3) is 0.286. The molecule has 0 aliphatic rings. The molecule has 0 bridgehead atoms. The van der Waals surface area contributed by atoms with E-state index in [4.69, 9.17) is 0 Å². The number of nitrogens with zero attached hydrogens (tertiary/aromatic N) is 2. The minimum Gasteiger partial charge on any atom is -0.394 e. The molecular formula is C21H24N4O4S. The lowest BCUT2D eigenvalue weighted by atomic mass is 10.1. The van der Waals surface area contributed by atoms with Crippen molar-refractivity contribution in [2.45, 2.75) is 24.9 Å². The second kappa shape index (κ2) is 10.7. The summed E-state index contributed by atoms with van der Waals surface area (Å²) in [5, 5.41) is 37.2. The summed E-state index contributed by atoms with van der Waals surface area (Å²) in [5.41, 5.74) is 2.04. The van der Waals surface area contributed by atoms with Gasteiger partial charge in [-0.05, 0) is 35.3 Å². The number of benzene rings is 2. The zero-order valence-electron chi connectivity index (χ0n) is 16.3. The summed E-state index contributed by atoms with van der Waals surface area (Å²) in [6, 6.07) is 18.5. The van der Waals surface area contributed by atoms with Crippen LogP contribution in [0.4, 0.5) is 16.0 Å². The first-order chi connectivity index (χ1) is 14.6. The van der Waals surface area contributed by atoms with Crippen molar-refractivity contribution >= 4 is 27.3 Å². The third-order valence-corrected chi connectivity index (χ3v) is 5.47. The maximum atomic E-state index is 11.5. The van der Waals surface area contributed by atoms with Gasteiger partial charge in [-0.3, -0.25) is 10.1 Å². The maximum absolute atomic E-state index is 11.5. The van der Waals surface area contributed by atoms with E-state index in [1.165, 1.54) is 0 Å². The summed E-state index contributed by atoms with van der Waals surface area (Å²) in [6.07, 6.45) is 1.06. The van der Waals surface area contributed by atoms with E-state index < -0.39 is 11.0 Å². The van der Waals surface area contributed by atoms with Gasteiger partial charge in [0.05, 0.1) is 30.2 Å². The van der Waals surface area contributed by atoms with Gasteiger partial charge in [-0.1, -0.05) is 60.7 Å². The Morgan fingerprint density at radius 2 is 1.40 bits per heavy atom. The van der Waals surface area contributed by atoms with Crippen LogP contribution in [0.5, 0.6) is 0 Å². The van der Waals surface area contributed by atoms with E-state index in [9.17, 15) is 20.3 Å². The van der Waals surface area contributed by atoms with Crippen LogP contribution in [0.1, 0.15) is 11.1 Å². The Balaban J connectivity index is 1.72. The quantitative estimate of drug-likeness (QED) is 0.274. The maximum Gasteiger partial charge on any atom is 0.369 e. The highest BCUT2D eigenvalue weighted by Gasteiger charge is 2.25. The van der Waals surface area contributed by atoms with Gasteiger partial charge in [0.1, 0.15) is 0 Å². The number of nitrogens with one attached hydrogen (secondary N) is 2. The van der Waals surface area contributed by atoms with Crippen LogP contribution < -0.4 is 10.6 Å². The van der Waals surface area contributed by atoms with Crippen molar-refractivity contribution in [3.05, 3.63) is 81.9 Å². The van der Waals surface area contributed by atoms with E-state index in [0.29, 0.717) is 18.0 Å². The lowest BCUT2D eigenvalue weighted by molar-refractivity contribution is -0.379. The van der Waals surface area contributed by atoms with Crippen molar-refractivity contribution in [2.75, 3.05) is 23.8 Å². The summed E-state index contributed by atoms with van der Waals surface area (Å²) < 4.78 is 0. The highest BCUT2D eigenvalue weighted by Crippen LogP contribution is 2.35. The molecule has 1 aromatic heterocycles. The molecule has 0 saturated heterocycles. The van der Waals surface area contributed by atoms with Crippen molar-refractivity contribution in [2.24, 2.45) is 0 Å².